The Balaban J connectivity index is 1.95. The van der Waals surface area contributed by atoms with Gasteiger partial charge in [-0.3, -0.25) is 9.59 Å². The van der Waals surface area contributed by atoms with Crippen LogP contribution in [0, 0.1) is 0 Å². The Kier molecular flexibility index (Phi) is 11.5. The van der Waals surface area contributed by atoms with Crippen molar-refractivity contribution in [1.82, 2.24) is 15.1 Å². The molecule has 1 atom stereocenters. The molecule has 0 unspecified atom stereocenters. The zero-order chi connectivity index (χ0) is 26.6. The summed E-state index contributed by atoms with van der Waals surface area (Å²) in [6.45, 7) is 8.98. The molecular weight excluding hydrogens is 466 g/mol. The summed E-state index contributed by atoms with van der Waals surface area (Å²) >= 11 is 0. The average Bonchev–Trinajstić information content (AvgIpc) is 2.84. The zero-order valence-electron chi connectivity index (χ0n) is 21.8. The van der Waals surface area contributed by atoms with Gasteiger partial charge in [-0.15, -0.1) is 0 Å². The van der Waals surface area contributed by atoms with Crippen LogP contribution in [0.25, 0.3) is 0 Å². The Labute approximate surface area is 213 Å². The van der Waals surface area contributed by atoms with Crippen LogP contribution in [0.1, 0.15) is 58.9 Å². The summed E-state index contributed by atoms with van der Waals surface area (Å²) in [5.41, 5.74) is 0.159. The fraction of sp³-hybridized carbons (Fsp3) is 0.615. The van der Waals surface area contributed by atoms with Crippen LogP contribution in [-0.2, 0) is 30.4 Å². The number of ether oxygens (including phenoxy) is 3. The summed E-state index contributed by atoms with van der Waals surface area (Å²) in [5.74, 6) is -0.798. The number of hydrogen-bond acceptors (Lipinski definition) is 7. The zero-order valence-corrected chi connectivity index (χ0v) is 21.8. The molecule has 10 nitrogen and oxygen atoms in total. The summed E-state index contributed by atoms with van der Waals surface area (Å²) in [6, 6.07) is 8.21. The Morgan fingerprint density at radius 3 is 2.22 bits per heavy atom. The molecule has 36 heavy (non-hydrogen) atoms. The van der Waals surface area contributed by atoms with Gasteiger partial charge in [0.2, 0.25) is 5.91 Å². The standard InChI is InChI=1S/C26H39N3O7/c1-5-6-18-34-25(33)29-16-14-28(15-17-29)23(31)21(12-13-22(30)36-26(2,3)4)27-24(32)35-19-20-10-8-7-9-11-20/h7-11,21H,5-6,12-19H2,1-4H3,(H,27,32)/t21-/m0/s1. The van der Waals surface area contributed by atoms with E-state index in [2.05, 4.69) is 5.32 Å². The van der Waals surface area contributed by atoms with Gasteiger partial charge in [-0.1, -0.05) is 43.7 Å². The highest BCUT2D eigenvalue weighted by molar-refractivity contribution is 5.86. The van der Waals surface area contributed by atoms with Crippen molar-refractivity contribution in [2.24, 2.45) is 0 Å². The first-order valence-corrected chi connectivity index (χ1v) is 12.5. The average molecular weight is 506 g/mol. The van der Waals surface area contributed by atoms with Crippen molar-refractivity contribution in [3.8, 4) is 0 Å². The Morgan fingerprint density at radius 1 is 0.972 bits per heavy atom. The quantitative estimate of drug-likeness (QED) is 0.294. The first-order chi connectivity index (χ1) is 17.1. The molecule has 1 aromatic carbocycles. The maximum Gasteiger partial charge on any atom is 0.409 e. The minimum atomic E-state index is -0.969. The van der Waals surface area contributed by atoms with Crippen LogP contribution in [0.2, 0.25) is 0 Å². The monoisotopic (exact) mass is 505 g/mol. The van der Waals surface area contributed by atoms with Gasteiger partial charge in [-0.2, -0.15) is 0 Å². The number of amides is 3. The van der Waals surface area contributed by atoms with Crippen molar-refractivity contribution in [2.45, 2.75) is 71.6 Å². The third kappa shape index (κ3) is 10.5. The first kappa shape index (κ1) is 28.9. The Hall–Kier alpha value is -3.30. The molecule has 1 aliphatic heterocycles. The van der Waals surface area contributed by atoms with E-state index in [0.717, 1.165) is 18.4 Å². The number of rotatable bonds is 10. The smallest absolute Gasteiger partial charge is 0.409 e. The predicted molar refractivity (Wildman–Crippen MR) is 133 cm³/mol. The lowest BCUT2D eigenvalue weighted by molar-refractivity contribution is -0.155. The fourth-order valence-corrected chi connectivity index (χ4v) is 3.54. The van der Waals surface area contributed by atoms with E-state index in [1.54, 1.807) is 30.6 Å². The second kappa shape index (κ2) is 14.3. The number of carbonyl (C=O) groups excluding carboxylic acids is 4. The molecule has 1 N–H and O–H groups in total. The normalized spacial score (nSPS) is 14.6. The van der Waals surface area contributed by atoms with E-state index in [4.69, 9.17) is 14.2 Å². The highest BCUT2D eigenvalue weighted by atomic mass is 16.6. The van der Waals surface area contributed by atoms with Crippen LogP contribution < -0.4 is 5.32 Å². The lowest BCUT2D eigenvalue weighted by atomic mass is 10.1. The molecule has 0 radical (unpaired) electrons. The van der Waals surface area contributed by atoms with E-state index in [9.17, 15) is 19.2 Å². The molecule has 0 bridgehead atoms. The molecule has 1 aromatic rings. The van der Waals surface area contributed by atoms with E-state index < -0.39 is 23.7 Å². The van der Waals surface area contributed by atoms with Crippen LogP contribution in [0.4, 0.5) is 9.59 Å². The Morgan fingerprint density at radius 2 is 1.61 bits per heavy atom. The van der Waals surface area contributed by atoms with Crippen molar-refractivity contribution in [3.63, 3.8) is 0 Å². The highest BCUT2D eigenvalue weighted by Gasteiger charge is 2.31. The van der Waals surface area contributed by atoms with Crippen LogP contribution in [0.15, 0.2) is 30.3 Å². The van der Waals surface area contributed by atoms with Crippen LogP contribution in [0.5, 0.6) is 0 Å². The van der Waals surface area contributed by atoms with E-state index in [-0.39, 0.29) is 31.4 Å². The maximum absolute atomic E-state index is 13.3. The molecule has 0 aromatic heterocycles. The van der Waals surface area contributed by atoms with Crippen LogP contribution >= 0.6 is 0 Å². The SMILES string of the molecule is CCCCOC(=O)N1CCN(C(=O)[C@H](CCC(=O)OC(C)(C)C)NC(=O)OCc2ccccc2)CC1. The molecule has 1 heterocycles. The number of piperazine rings is 1. The first-order valence-electron chi connectivity index (χ1n) is 12.5. The van der Waals surface area contributed by atoms with Gasteiger partial charge in [0.05, 0.1) is 6.61 Å². The summed E-state index contributed by atoms with van der Waals surface area (Å²) in [4.78, 5) is 53.3. The molecule has 0 saturated carbocycles. The van der Waals surface area contributed by atoms with Gasteiger partial charge in [0.15, 0.2) is 0 Å². The third-order valence-corrected chi connectivity index (χ3v) is 5.43. The molecule has 1 fully saturated rings. The second-order valence-electron chi connectivity index (χ2n) is 9.66. The highest BCUT2D eigenvalue weighted by Crippen LogP contribution is 2.13. The molecule has 0 aliphatic carbocycles. The van der Waals surface area contributed by atoms with Gasteiger partial charge in [0, 0.05) is 32.6 Å². The molecule has 2 rings (SSSR count). The topological polar surface area (TPSA) is 114 Å². The summed E-state index contributed by atoms with van der Waals surface area (Å²) in [6.07, 6.45) is 0.611. The number of alkyl carbamates (subject to hydrolysis) is 1. The molecule has 0 spiro atoms. The number of hydrogen-bond donors (Lipinski definition) is 1. The van der Waals surface area contributed by atoms with E-state index >= 15 is 0 Å². The lowest BCUT2D eigenvalue weighted by Crippen LogP contribution is -2.56. The minimum Gasteiger partial charge on any atom is -0.460 e. The Bertz CT molecular complexity index is 862. The van der Waals surface area contributed by atoms with Gasteiger partial charge in [-0.05, 0) is 39.2 Å². The maximum atomic E-state index is 13.3. The van der Waals surface area contributed by atoms with E-state index in [1.165, 1.54) is 0 Å². The molecule has 1 saturated heterocycles. The van der Waals surface area contributed by atoms with E-state index in [1.807, 2.05) is 37.3 Å². The summed E-state index contributed by atoms with van der Waals surface area (Å²) in [7, 11) is 0. The third-order valence-electron chi connectivity index (χ3n) is 5.43. The van der Waals surface area contributed by atoms with Crippen molar-refractivity contribution < 1.29 is 33.4 Å². The van der Waals surface area contributed by atoms with Crippen molar-refractivity contribution in [3.05, 3.63) is 35.9 Å². The summed E-state index contributed by atoms with van der Waals surface area (Å²) in [5, 5.41) is 2.61. The van der Waals surface area contributed by atoms with Gasteiger partial charge >= 0.3 is 18.2 Å². The molecular formula is C26H39N3O7. The number of esters is 1. The number of unbranched alkanes of at least 4 members (excludes halogenated alkanes) is 1. The van der Waals surface area contributed by atoms with Gasteiger partial charge in [-0.25, -0.2) is 9.59 Å². The van der Waals surface area contributed by atoms with Crippen LogP contribution in [-0.4, -0.2) is 78.3 Å². The van der Waals surface area contributed by atoms with Gasteiger partial charge in [0.1, 0.15) is 18.2 Å². The number of benzene rings is 1. The molecule has 3 amide bonds. The molecule has 200 valence electrons. The van der Waals surface area contributed by atoms with Crippen molar-refractivity contribution >= 4 is 24.1 Å². The number of nitrogens with zero attached hydrogens (tertiary/aromatic N) is 2. The van der Waals surface area contributed by atoms with Gasteiger partial charge < -0.3 is 29.3 Å². The van der Waals surface area contributed by atoms with Gasteiger partial charge in [0.25, 0.3) is 0 Å². The van der Waals surface area contributed by atoms with Crippen molar-refractivity contribution in [1.29, 1.82) is 0 Å². The largest absolute Gasteiger partial charge is 0.460 e. The number of nitrogens with one attached hydrogen (secondary N) is 1. The number of carbonyl (C=O) groups is 4. The summed E-state index contributed by atoms with van der Waals surface area (Å²) < 4.78 is 15.9. The van der Waals surface area contributed by atoms with Crippen molar-refractivity contribution in [2.75, 3.05) is 32.8 Å². The van der Waals surface area contributed by atoms with Crippen LogP contribution in [0.3, 0.4) is 0 Å². The lowest BCUT2D eigenvalue weighted by Gasteiger charge is -2.36. The molecule has 10 heteroatoms. The second-order valence-corrected chi connectivity index (χ2v) is 9.66. The fourth-order valence-electron chi connectivity index (χ4n) is 3.54. The molecule has 1 aliphatic rings. The minimum absolute atomic E-state index is 0.0453. The predicted octanol–water partition coefficient (Wildman–Crippen LogP) is 3.48. The van der Waals surface area contributed by atoms with E-state index in [0.29, 0.717) is 32.8 Å².